The first kappa shape index (κ1) is 22.9. The Hall–Kier alpha value is -3.31. The van der Waals surface area contributed by atoms with Crippen molar-refractivity contribution in [1.82, 2.24) is 14.9 Å². The zero-order valence-corrected chi connectivity index (χ0v) is 19.5. The van der Waals surface area contributed by atoms with E-state index in [-0.39, 0.29) is 5.91 Å². The molecule has 0 saturated heterocycles. The van der Waals surface area contributed by atoms with E-state index in [0.717, 1.165) is 48.4 Å². The van der Waals surface area contributed by atoms with Crippen LogP contribution in [0.5, 0.6) is 5.75 Å². The molecule has 0 radical (unpaired) electrons. The standard InChI is InChI=1S/C27H28ClN3O2/c1-20-9-15-23(16-10-20)33-19-5-18-31-25-7-3-2-6-24(25)30-26(31)8-4-17-29-27(32)21-11-13-22(28)14-12-21/h2-3,6-7,9-16H,4-5,8,17-19H2,1H3,(H,29,32). The number of rotatable bonds is 10. The lowest BCUT2D eigenvalue weighted by Gasteiger charge is -2.11. The Morgan fingerprint density at radius 1 is 1.00 bits per heavy atom. The van der Waals surface area contributed by atoms with Gasteiger partial charge in [-0.15, -0.1) is 0 Å². The van der Waals surface area contributed by atoms with Gasteiger partial charge in [0.1, 0.15) is 11.6 Å². The van der Waals surface area contributed by atoms with Crippen molar-refractivity contribution in [2.75, 3.05) is 13.2 Å². The monoisotopic (exact) mass is 461 g/mol. The number of para-hydroxylation sites is 2. The molecule has 3 aromatic carbocycles. The lowest BCUT2D eigenvalue weighted by atomic mass is 10.2. The normalized spacial score (nSPS) is 11.0. The van der Waals surface area contributed by atoms with E-state index >= 15 is 0 Å². The second-order valence-corrected chi connectivity index (χ2v) is 8.49. The Labute approximate surface area is 199 Å². The number of hydrogen-bond donors (Lipinski definition) is 1. The third-order valence-corrected chi connectivity index (χ3v) is 5.77. The first-order valence-corrected chi connectivity index (χ1v) is 11.7. The molecule has 0 spiro atoms. The highest BCUT2D eigenvalue weighted by Crippen LogP contribution is 2.18. The number of aryl methyl sites for hydroxylation is 3. The number of hydrogen-bond acceptors (Lipinski definition) is 3. The maximum Gasteiger partial charge on any atom is 0.251 e. The predicted molar refractivity (Wildman–Crippen MR) is 133 cm³/mol. The smallest absolute Gasteiger partial charge is 0.251 e. The first-order valence-electron chi connectivity index (χ1n) is 11.3. The fourth-order valence-electron chi connectivity index (χ4n) is 3.76. The van der Waals surface area contributed by atoms with Crippen LogP contribution in [0, 0.1) is 6.92 Å². The molecule has 0 saturated carbocycles. The van der Waals surface area contributed by atoms with Crippen molar-refractivity contribution in [3.8, 4) is 5.75 Å². The molecule has 1 N–H and O–H groups in total. The van der Waals surface area contributed by atoms with Gasteiger partial charge in [0.15, 0.2) is 0 Å². The number of nitrogens with one attached hydrogen (secondary N) is 1. The Morgan fingerprint density at radius 2 is 1.76 bits per heavy atom. The van der Waals surface area contributed by atoms with Crippen molar-refractivity contribution in [1.29, 1.82) is 0 Å². The molecule has 4 aromatic rings. The summed E-state index contributed by atoms with van der Waals surface area (Å²) in [5.74, 6) is 1.84. The number of ether oxygens (including phenoxy) is 1. The van der Waals surface area contributed by atoms with Crippen LogP contribution in [-0.2, 0) is 13.0 Å². The molecule has 1 heterocycles. The molecule has 0 fully saturated rings. The van der Waals surface area contributed by atoms with E-state index < -0.39 is 0 Å². The number of amides is 1. The summed E-state index contributed by atoms with van der Waals surface area (Å²) >= 11 is 5.89. The van der Waals surface area contributed by atoms with Gasteiger partial charge < -0.3 is 14.6 Å². The highest BCUT2D eigenvalue weighted by molar-refractivity contribution is 6.30. The Balaban J connectivity index is 1.32. The number of benzene rings is 3. The summed E-state index contributed by atoms with van der Waals surface area (Å²) in [6, 6.07) is 23.2. The maximum absolute atomic E-state index is 12.3. The summed E-state index contributed by atoms with van der Waals surface area (Å²) in [5.41, 5.74) is 3.96. The van der Waals surface area contributed by atoms with E-state index in [1.165, 1.54) is 5.56 Å². The number of aromatic nitrogens is 2. The highest BCUT2D eigenvalue weighted by Gasteiger charge is 2.11. The van der Waals surface area contributed by atoms with Crippen molar-refractivity contribution in [3.63, 3.8) is 0 Å². The van der Waals surface area contributed by atoms with E-state index in [2.05, 4.69) is 35.0 Å². The van der Waals surface area contributed by atoms with Crippen LogP contribution in [0.1, 0.15) is 34.6 Å². The highest BCUT2D eigenvalue weighted by atomic mass is 35.5. The van der Waals surface area contributed by atoms with Gasteiger partial charge in [0.2, 0.25) is 0 Å². The molecule has 4 rings (SSSR count). The zero-order chi connectivity index (χ0) is 23.0. The van der Waals surface area contributed by atoms with Crippen molar-refractivity contribution < 1.29 is 9.53 Å². The molecular weight excluding hydrogens is 434 g/mol. The molecule has 0 unspecified atom stereocenters. The van der Waals surface area contributed by atoms with Crippen LogP contribution >= 0.6 is 11.6 Å². The lowest BCUT2D eigenvalue weighted by Crippen LogP contribution is -2.25. The molecule has 33 heavy (non-hydrogen) atoms. The van der Waals surface area contributed by atoms with Gasteiger partial charge in [-0.3, -0.25) is 4.79 Å². The Bertz CT molecular complexity index is 1200. The average Bonchev–Trinajstić information content (AvgIpc) is 3.18. The minimum atomic E-state index is -0.0894. The van der Waals surface area contributed by atoms with Gasteiger partial charge in [-0.2, -0.15) is 0 Å². The van der Waals surface area contributed by atoms with Crippen LogP contribution in [-0.4, -0.2) is 28.6 Å². The number of halogens is 1. The number of carbonyl (C=O) groups excluding carboxylic acids is 1. The summed E-state index contributed by atoms with van der Waals surface area (Å²) in [6.45, 7) is 4.13. The summed E-state index contributed by atoms with van der Waals surface area (Å²) in [5, 5.41) is 3.60. The third kappa shape index (κ3) is 6.14. The summed E-state index contributed by atoms with van der Waals surface area (Å²) < 4.78 is 8.17. The van der Waals surface area contributed by atoms with E-state index in [1.807, 2.05) is 30.3 Å². The van der Waals surface area contributed by atoms with Crippen molar-refractivity contribution >= 4 is 28.5 Å². The lowest BCUT2D eigenvalue weighted by molar-refractivity contribution is 0.0953. The molecule has 0 atom stereocenters. The predicted octanol–water partition coefficient (Wildman–Crippen LogP) is 5.83. The molecule has 170 valence electrons. The van der Waals surface area contributed by atoms with Gasteiger partial charge in [0.25, 0.3) is 5.91 Å². The van der Waals surface area contributed by atoms with Crippen LogP contribution in [0.3, 0.4) is 0 Å². The zero-order valence-electron chi connectivity index (χ0n) is 18.8. The topological polar surface area (TPSA) is 56.1 Å². The van der Waals surface area contributed by atoms with Gasteiger partial charge in [-0.05, 0) is 68.3 Å². The van der Waals surface area contributed by atoms with E-state index in [0.29, 0.717) is 23.7 Å². The van der Waals surface area contributed by atoms with Crippen LogP contribution < -0.4 is 10.1 Å². The Morgan fingerprint density at radius 3 is 2.55 bits per heavy atom. The van der Waals surface area contributed by atoms with Crippen LogP contribution in [0.15, 0.2) is 72.8 Å². The number of imidazole rings is 1. The van der Waals surface area contributed by atoms with Crippen LogP contribution in [0.2, 0.25) is 5.02 Å². The Kier molecular flexibility index (Phi) is 7.63. The van der Waals surface area contributed by atoms with Gasteiger partial charge in [0.05, 0.1) is 17.6 Å². The molecule has 0 aliphatic rings. The third-order valence-electron chi connectivity index (χ3n) is 5.52. The van der Waals surface area contributed by atoms with Gasteiger partial charge in [-0.1, -0.05) is 41.4 Å². The van der Waals surface area contributed by atoms with Gasteiger partial charge in [-0.25, -0.2) is 4.98 Å². The summed E-state index contributed by atoms with van der Waals surface area (Å²) in [7, 11) is 0. The molecule has 0 bridgehead atoms. The van der Waals surface area contributed by atoms with Crippen molar-refractivity contribution in [2.45, 2.75) is 32.7 Å². The number of fused-ring (bicyclic) bond motifs is 1. The van der Waals surface area contributed by atoms with Gasteiger partial charge >= 0.3 is 0 Å². The van der Waals surface area contributed by atoms with Crippen LogP contribution in [0.25, 0.3) is 11.0 Å². The van der Waals surface area contributed by atoms with E-state index in [9.17, 15) is 4.79 Å². The quantitative estimate of drug-likeness (QED) is 0.302. The van der Waals surface area contributed by atoms with E-state index in [4.69, 9.17) is 21.3 Å². The molecule has 0 aliphatic carbocycles. The second kappa shape index (κ2) is 11.0. The number of carbonyl (C=O) groups is 1. The SMILES string of the molecule is Cc1ccc(OCCCn2c(CCCNC(=O)c3ccc(Cl)cc3)nc3ccccc32)cc1. The minimum absolute atomic E-state index is 0.0894. The van der Waals surface area contributed by atoms with Gasteiger partial charge in [0, 0.05) is 30.1 Å². The first-order chi connectivity index (χ1) is 16.1. The van der Waals surface area contributed by atoms with Crippen molar-refractivity contribution in [2.24, 2.45) is 0 Å². The largest absolute Gasteiger partial charge is 0.494 e. The molecule has 5 nitrogen and oxygen atoms in total. The molecular formula is C27H28ClN3O2. The summed E-state index contributed by atoms with van der Waals surface area (Å²) in [6.07, 6.45) is 2.48. The van der Waals surface area contributed by atoms with E-state index in [1.54, 1.807) is 24.3 Å². The molecule has 0 aliphatic heterocycles. The maximum atomic E-state index is 12.3. The van der Waals surface area contributed by atoms with Crippen molar-refractivity contribution in [3.05, 3.63) is 94.8 Å². The number of nitrogens with zero attached hydrogens (tertiary/aromatic N) is 2. The fourth-order valence-corrected chi connectivity index (χ4v) is 3.89. The fraction of sp³-hybridized carbons (Fsp3) is 0.259. The molecule has 1 amide bonds. The average molecular weight is 462 g/mol. The summed E-state index contributed by atoms with van der Waals surface area (Å²) in [4.78, 5) is 17.1. The molecule has 6 heteroatoms. The minimum Gasteiger partial charge on any atom is -0.494 e. The molecule has 1 aromatic heterocycles. The second-order valence-electron chi connectivity index (χ2n) is 8.05. The van der Waals surface area contributed by atoms with Crippen LogP contribution in [0.4, 0.5) is 0 Å².